The predicted octanol–water partition coefficient (Wildman–Crippen LogP) is 2.90. The second-order valence-electron chi connectivity index (χ2n) is 5.44. The van der Waals surface area contributed by atoms with Crippen LogP contribution in [0.2, 0.25) is 0 Å². The number of allylic oxidation sites excluding steroid dienone is 1. The number of carbonyl (C=O) groups is 1. The first kappa shape index (κ1) is 18.2. The van der Waals surface area contributed by atoms with Crippen molar-refractivity contribution in [3.05, 3.63) is 43.9 Å². The molecule has 0 radical (unpaired) electrons. The van der Waals surface area contributed by atoms with Crippen molar-refractivity contribution in [2.75, 3.05) is 26.1 Å². The van der Waals surface area contributed by atoms with Crippen molar-refractivity contribution in [2.24, 2.45) is 0 Å². The van der Waals surface area contributed by atoms with Crippen molar-refractivity contribution in [2.45, 2.75) is 12.2 Å². The number of fused-ring (bicyclic) bond motifs is 2. The molecule has 1 fully saturated rings. The summed E-state index contributed by atoms with van der Waals surface area (Å²) in [4.78, 5) is 12.5. The van der Waals surface area contributed by atoms with Gasteiger partial charge in [-0.15, -0.1) is 0 Å². The number of ether oxygens (including phenoxy) is 2. The molecular formula is C15H14Br2O6S. The maximum Gasteiger partial charge on any atom is 0.264 e. The Morgan fingerprint density at radius 2 is 1.83 bits per heavy atom. The molecule has 130 valence electrons. The summed E-state index contributed by atoms with van der Waals surface area (Å²) in [5.41, 5.74) is 1.65. The lowest BCUT2D eigenvalue weighted by atomic mass is 9.84. The highest BCUT2D eigenvalue weighted by molar-refractivity contribution is 9.13. The molecule has 2 aliphatic rings. The van der Waals surface area contributed by atoms with E-state index in [1.54, 1.807) is 12.1 Å². The standard InChI is InChI=1S/C15H14Br2O6S/c1-24(19,20)23-3-2-9-6-14(18)10-7-12(16)13(17)8-11(10)15(9)21-4-5-22-15/h6-8H,2-5H2,1H3. The Balaban J connectivity index is 2.01. The van der Waals surface area contributed by atoms with Crippen LogP contribution in [0.25, 0.3) is 0 Å². The van der Waals surface area contributed by atoms with Gasteiger partial charge in [0, 0.05) is 20.1 Å². The molecular weight excluding hydrogens is 468 g/mol. The third kappa shape index (κ3) is 3.38. The highest BCUT2D eigenvalue weighted by Crippen LogP contribution is 2.46. The number of rotatable bonds is 4. The van der Waals surface area contributed by atoms with Crippen LogP contribution < -0.4 is 0 Å². The van der Waals surface area contributed by atoms with Gasteiger partial charge < -0.3 is 9.47 Å². The fourth-order valence-electron chi connectivity index (χ4n) is 2.82. The summed E-state index contributed by atoms with van der Waals surface area (Å²) < 4.78 is 40.3. The molecule has 1 saturated heterocycles. The van der Waals surface area contributed by atoms with Gasteiger partial charge >= 0.3 is 0 Å². The molecule has 0 unspecified atom stereocenters. The summed E-state index contributed by atoms with van der Waals surface area (Å²) in [7, 11) is -3.55. The molecule has 1 aromatic rings. The van der Waals surface area contributed by atoms with Gasteiger partial charge in [-0.1, -0.05) is 0 Å². The van der Waals surface area contributed by atoms with Gasteiger partial charge in [-0.25, -0.2) is 0 Å². The minimum atomic E-state index is -3.55. The molecule has 1 aliphatic carbocycles. The van der Waals surface area contributed by atoms with E-state index in [1.165, 1.54) is 6.08 Å². The first-order valence-corrected chi connectivity index (χ1v) is 10.5. The fourth-order valence-corrected chi connectivity index (χ4v) is 3.89. The number of carbonyl (C=O) groups excluding carboxylic acids is 1. The van der Waals surface area contributed by atoms with Gasteiger partial charge in [0.25, 0.3) is 10.1 Å². The molecule has 1 aromatic carbocycles. The Bertz CT molecular complexity index is 825. The van der Waals surface area contributed by atoms with Gasteiger partial charge in [-0.2, -0.15) is 8.42 Å². The van der Waals surface area contributed by atoms with Gasteiger partial charge in [0.05, 0.1) is 26.1 Å². The molecule has 0 saturated carbocycles. The first-order chi connectivity index (χ1) is 11.2. The molecule has 0 atom stereocenters. The number of hydrogen-bond donors (Lipinski definition) is 0. The summed E-state index contributed by atoms with van der Waals surface area (Å²) in [6.45, 7) is 0.677. The highest BCUT2D eigenvalue weighted by Gasteiger charge is 2.47. The smallest absolute Gasteiger partial charge is 0.264 e. The molecule has 0 amide bonds. The van der Waals surface area contributed by atoms with Crippen LogP contribution in [0.1, 0.15) is 22.3 Å². The van der Waals surface area contributed by atoms with Gasteiger partial charge in [0.1, 0.15) is 0 Å². The third-order valence-corrected chi connectivity index (χ3v) is 6.21. The van der Waals surface area contributed by atoms with Crippen molar-refractivity contribution >= 4 is 47.8 Å². The number of halogens is 2. The SMILES string of the molecule is CS(=O)(=O)OCCC1=CC(=O)c2cc(Br)c(Br)cc2C12OCCO2. The molecule has 1 heterocycles. The Morgan fingerprint density at radius 3 is 2.46 bits per heavy atom. The summed E-state index contributed by atoms with van der Waals surface area (Å²) in [6, 6.07) is 3.50. The van der Waals surface area contributed by atoms with Crippen LogP contribution in [-0.4, -0.2) is 40.3 Å². The summed E-state index contributed by atoms with van der Waals surface area (Å²) in [5.74, 6) is -1.36. The van der Waals surface area contributed by atoms with E-state index < -0.39 is 15.9 Å². The minimum Gasteiger partial charge on any atom is -0.340 e. The Hall–Kier alpha value is -0.580. The second kappa shape index (κ2) is 6.62. The zero-order valence-electron chi connectivity index (χ0n) is 12.7. The van der Waals surface area contributed by atoms with Gasteiger partial charge in [0.15, 0.2) is 5.78 Å². The van der Waals surface area contributed by atoms with E-state index in [4.69, 9.17) is 13.7 Å². The highest BCUT2D eigenvalue weighted by atomic mass is 79.9. The van der Waals surface area contributed by atoms with Crippen LogP contribution in [-0.2, 0) is 29.6 Å². The lowest BCUT2D eigenvalue weighted by molar-refractivity contribution is -0.137. The molecule has 1 aliphatic heterocycles. The molecule has 6 nitrogen and oxygen atoms in total. The lowest BCUT2D eigenvalue weighted by Crippen LogP contribution is -2.36. The van der Waals surface area contributed by atoms with Crippen LogP contribution in [0, 0.1) is 0 Å². The average Bonchev–Trinajstić information content (AvgIpc) is 2.96. The summed E-state index contributed by atoms with van der Waals surface area (Å²) in [6.07, 6.45) is 2.63. The summed E-state index contributed by atoms with van der Waals surface area (Å²) >= 11 is 6.82. The zero-order chi connectivity index (χ0) is 17.5. The molecule has 0 N–H and O–H groups in total. The van der Waals surface area contributed by atoms with E-state index >= 15 is 0 Å². The first-order valence-electron chi connectivity index (χ1n) is 7.10. The van der Waals surface area contributed by atoms with E-state index in [0.717, 1.165) is 15.2 Å². The molecule has 9 heteroatoms. The monoisotopic (exact) mass is 480 g/mol. The van der Waals surface area contributed by atoms with Crippen molar-refractivity contribution in [1.82, 2.24) is 0 Å². The fraction of sp³-hybridized carbons (Fsp3) is 0.400. The van der Waals surface area contributed by atoms with Crippen LogP contribution in [0.15, 0.2) is 32.7 Å². The van der Waals surface area contributed by atoms with Gasteiger partial charge in [-0.3, -0.25) is 8.98 Å². The predicted molar refractivity (Wildman–Crippen MR) is 93.3 cm³/mol. The largest absolute Gasteiger partial charge is 0.340 e. The van der Waals surface area contributed by atoms with Crippen molar-refractivity contribution in [1.29, 1.82) is 0 Å². The maximum absolute atomic E-state index is 12.5. The zero-order valence-corrected chi connectivity index (χ0v) is 16.7. The maximum atomic E-state index is 12.5. The van der Waals surface area contributed by atoms with E-state index in [9.17, 15) is 13.2 Å². The average molecular weight is 482 g/mol. The van der Waals surface area contributed by atoms with Crippen molar-refractivity contribution in [3.63, 3.8) is 0 Å². The van der Waals surface area contributed by atoms with Crippen molar-refractivity contribution in [3.8, 4) is 0 Å². The van der Waals surface area contributed by atoms with E-state index in [1.807, 2.05) is 0 Å². The van der Waals surface area contributed by atoms with Crippen LogP contribution in [0.4, 0.5) is 0 Å². The van der Waals surface area contributed by atoms with E-state index in [2.05, 4.69) is 31.9 Å². The quantitative estimate of drug-likeness (QED) is 0.615. The Morgan fingerprint density at radius 1 is 1.21 bits per heavy atom. The lowest BCUT2D eigenvalue weighted by Gasteiger charge is -2.35. The minimum absolute atomic E-state index is 0.0839. The van der Waals surface area contributed by atoms with Gasteiger partial charge in [-0.05, 0) is 62.1 Å². The van der Waals surface area contributed by atoms with E-state index in [-0.39, 0.29) is 18.8 Å². The third-order valence-electron chi connectivity index (χ3n) is 3.77. The Labute approximate surface area is 156 Å². The number of hydrogen-bond acceptors (Lipinski definition) is 6. The molecule has 3 rings (SSSR count). The molecule has 0 aromatic heterocycles. The van der Waals surface area contributed by atoms with Crippen LogP contribution >= 0.6 is 31.9 Å². The van der Waals surface area contributed by atoms with Crippen molar-refractivity contribution < 1.29 is 26.9 Å². The van der Waals surface area contributed by atoms with Crippen LogP contribution in [0.5, 0.6) is 0 Å². The van der Waals surface area contributed by atoms with Crippen LogP contribution in [0.3, 0.4) is 0 Å². The van der Waals surface area contributed by atoms with Gasteiger partial charge in [0.2, 0.25) is 5.79 Å². The summed E-state index contributed by atoms with van der Waals surface area (Å²) in [5, 5.41) is 0. The molecule has 24 heavy (non-hydrogen) atoms. The second-order valence-corrected chi connectivity index (χ2v) is 8.79. The molecule has 1 spiro atoms. The number of benzene rings is 1. The topological polar surface area (TPSA) is 78.9 Å². The number of ketones is 1. The van der Waals surface area contributed by atoms with E-state index in [0.29, 0.717) is 29.9 Å². The normalized spacial score (nSPS) is 19.5. The Kier molecular flexibility index (Phi) is 5.03. The molecule has 0 bridgehead atoms.